The fourth-order valence-electron chi connectivity index (χ4n) is 1.05. The number of carbonyl (C=O) groups excluding carboxylic acids is 2. The summed E-state index contributed by atoms with van der Waals surface area (Å²) in [5.74, 6) is -0.0941. The molecule has 0 aromatic heterocycles. The first-order chi connectivity index (χ1) is 7.70. The Labute approximate surface area is 104 Å². The molecule has 0 saturated heterocycles. The average Bonchev–Trinajstić information content (AvgIpc) is 2.25. The molecule has 0 heterocycles. The lowest BCUT2D eigenvalue weighted by atomic mass is 9.99. The van der Waals surface area contributed by atoms with Crippen molar-refractivity contribution in [1.82, 2.24) is 10.6 Å². The molecule has 0 bridgehead atoms. The first-order valence-corrected chi connectivity index (χ1v) is 6.08. The van der Waals surface area contributed by atoms with Crippen LogP contribution in [0.25, 0.3) is 0 Å². The summed E-state index contributed by atoms with van der Waals surface area (Å²) in [6.45, 7) is 9.77. The molecule has 0 saturated carbocycles. The number of rotatable bonds is 6. The van der Waals surface area contributed by atoms with E-state index in [0.717, 1.165) is 0 Å². The van der Waals surface area contributed by atoms with Gasteiger partial charge in [0.1, 0.15) is 6.04 Å². The van der Waals surface area contributed by atoms with Gasteiger partial charge in [-0.25, -0.2) is 0 Å². The summed E-state index contributed by atoms with van der Waals surface area (Å²) in [5, 5.41) is 5.38. The zero-order valence-electron chi connectivity index (χ0n) is 11.5. The van der Waals surface area contributed by atoms with E-state index in [4.69, 9.17) is 5.73 Å². The van der Waals surface area contributed by atoms with Gasteiger partial charge in [-0.2, -0.15) is 0 Å². The topological polar surface area (TPSA) is 84.2 Å². The van der Waals surface area contributed by atoms with Crippen molar-refractivity contribution in [2.75, 3.05) is 6.54 Å². The molecular weight excluding hydrogens is 218 g/mol. The van der Waals surface area contributed by atoms with Gasteiger partial charge in [0.15, 0.2) is 0 Å². The van der Waals surface area contributed by atoms with Crippen LogP contribution >= 0.6 is 0 Å². The van der Waals surface area contributed by atoms with Crippen LogP contribution in [0.3, 0.4) is 0 Å². The molecule has 0 aliphatic heterocycles. The van der Waals surface area contributed by atoms with Gasteiger partial charge in [-0.15, -0.1) is 0 Å². The second kappa shape index (κ2) is 6.59. The van der Waals surface area contributed by atoms with Gasteiger partial charge in [-0.1, -0.05) is 20.8 Å². The van der Waals surface area contributed by atoms with Gasteiger partial charge in [-0.05, 0) is 26.2 Å². The minimum Gasteiger partial charge on any atom is -0.354 e. The Balaban J connectivity index is 4.21. The van der Waals surface area contributed by atoms with Gasteiger partial charge < -0.3 is 16.4 Å². The quantitative estimate of drug-likeness (QED) is 0.631. The highest BCUT2D eigenvalue weighted by Crippen LogP contribution is 2.04. The van der Waals surface area contributed by atoms with Crippen LogP contribution < -0.4 is 16.4 Å². The average molecular weight is 243 g/mol. The summed E-state index contributed by atoms with van der Waals surface area (Å²) < 4.78 is 0. The van der Waals surface area contributed by atoms with E-state index in [1.54, 1.807) is 13.8 Å². The molecule has 0 aliphatic carbocycles. The summed E-state index contributed by atoms with van der Waals surface area (Å²) in [6, 6.07) is -0.560. The minimum atomic E-state index is -0.924. The molecule has 0 rings (SSSR count). The van der Waals surface area contributed by atoms with Crippen molar-refractivity contribution in [3.05, 3.63) is 0 Å². The van der Waals surface area contributed by atoms with E-state index in [1.807, 2.05) is 20.8 Å². The summed E-state index contributed by atoms with van der Waals surface area (Å²) >= 11 is 0. The van der Waals surface area contributed by atoms with Crippen molar-refractivity contribution >= 4 is 11.8 Å². The summed E-state index contributed by atoms with van der Waals surface area (Å²) in [6.07, 6.45) is 0.527. The van der Waals surface area contributed by atoms with Crippen molar-refractivity contribution in [2.24, 2.45) is 11.7 Å². The smallest absolute Gasteiger partial charge is 0.242 e. The Morgan fingerprint density at radius 2 is 1.82 bits per heavy atom. The predicted molar refractivity (Wildman–Crippen MR) is 68.3 cm³/mol. The van der Waals surface area contributed by atoms with Crippen molar-refractivity contribution < 1.29 is 9.59 Å². The first kappa shape index (κ1) is 15.9. The Morgan fingerprint density at radius 3 is 2.24 bits per heavy atom. The Morgan fingerprint density at radius 1 is 1.29 bits per heavy atom. The monoisotopic (exact) mass is 243 g/mol. The van der Waals surface area contributed by atoms with E-state index >= 15 is 0 Å². The highest BCUT2D eigenvalue weighted by molar-refractivity contribution is 5.91. The molecule has 0 radical (unpaired) electrons. The molecule has 5 nitrogen and oxygen atoms in total. The van der Waals surface area contributed by atoms with Gasteiger partial charge in [-0.3, -0.25) is 9.59 Å². The Hall–Kier alpha value is -1.10. The molecular formula is C12H25N3O2. The molecule has 100 valence electrons. The maximum atomic E-state index is 11.7. The highest BCUT2D eigenvalue weighted by atomic mass is 16.2. The zero-order valence-corrected chi connectivity index (χ0v) is 11.5. The van der Waals surface area contributed by atoms with Crippen LogP contribution in [0.5, 0.6) is 0 Å². The molecule has 17 heavy (non-hydrogen) atoms. The van der Waals surface area contributed by atoms with Crippen LogP contribution in [0.4, 0.5) is 0 Å². The maximum Gasteiger partial charge on any atom is 0.242 e. The van der Waals surface area contributed by atoms with Crippen LogP contribution in [-0.2, 0) is 9.59 Å². The summed E-state index contributed by atoms with van der Waals surface area (Å²) in [5.41, 5.74) is 4.86. The van der Waals surface area contributed by atoms with Crippen LogP contribution in [0, 0.1) is 5.92 Å². The third-order valence-electron chi connectivity index (χ3n) is 2.68. The van der Waals surface area contributed by atoms with Crippen molar-refractivity contribution in [2.45, 2.75) is 52.6 Å². The minimum absolute atomic E-state index is 0.182. The molecule has 0 aliphatic rings. The molecule has 0 aromatic rings. The lowest BCUT2D eigenvalue weighted by Gasteiger charge is -2.24. The van der Waals surface area contributed by atoms with E-state index in [-0.39, 0.29) is 11.8 Å². The largest absolute Gasteiger partial charge is 0.354 e. The van der Waals surface area contributed by atoms with Gasteiger partial charge in [0.2, 0.25) is 11.8 Å². The molecule has 5 heteroatoms. The van der Waals surface area contributed by atoms with Crippen molar-refractivity contribution in [3.63, 3.8) is 0 Å². The van der Waals surface area contributed by atoms with Crippen molar-refractivity contribution in [1.29, 1.82) is 0 Å². The lowest BCUT2D eigenvalue weighted by Crippen LogP contribution is -2.56. The van der Waals surface area contributed by atoms with Crippen LogP contribution in [-0.4, -0.2) is 29.9 Å². The maximum absolute atomic E-state index is 11.7. The number of amides is 2. The molecule has 2 atom stereocenters. The summed E-state index contributed by atoms with van der Waals surface area (Å²) in [7, 11) is 0. The summed E-state index contributed by atoms with van der Waals surface area (Å²) in [4.78, 5) is 23.4. The number of nitrogens with one attached hydrogen (secondary N) is 2. The normalized spacial score (nSPS) is 16.2. The molecule has 0 spiro atoms. The zero-order chi connectivity index (χ0) is 13.6. The second-order valence-electron chi connectivity index (χ2n) is 5.11. The van der Waals surface area contributed by atoms with Gasteiger partial charge in [0.05, 0.1) is 5.54 Å². The van der Waals surface area contributed by atoms with E-state index in [2.05, 4.69) is 10.6 Å². The molecule has 0 aromatic carbocycles. The van der Waals surface area contributed by atoms with Gasteiger partial charge in [0, 0.05) is 6.54 Å². The Bertz CT molecular complexity index is 275. The highest BCUT2D eigenvalue weighted by Gasteiger charge is 2.28. The number of nitrogens with two attached hydrogens (primary N) is 1. The number of hydrogen-bond acceptors (Lipinski definition) is 3. The van der Waals surface area contributed by atoms with E-state index in [9.17, 15) is 9.59 Å². The predicted octanol–water partition coefficient (Wildman–Crippen LogP) is 0.391. The van der Waals surface area contributed by atoms with Gasteiger partial charge >= 0.3 is 0 Å². The third-order valence-corrected chi connectivity index (χ3v) is 2.68. The van der Waals surface area contributed by atoms with E-state index in [0.29, 0.717) is 18.9 Å². The fraction of sp³-hybridized carbons (Fsp3) is 0.833. The van der Waals surface area contributed by atoms with Crippen LogP contribution in [0.15, 0.2) is 0 Å². The van der Waals surface area contributed by atoms with Crippen LogP contribution in [0.2, 0.25) is 0 Å². The van der Waals surface area contributed by atoms with Gasteiger partial charge in [0.25, 0.3) is 0 Å². The number of carbonyl (C=O) groups is 2. The van der Waals surface area contributed by atoms with Crippen LogP contribution in [0.1, 0.15) is 41.0 Å². The van der Waals surface area contributed by atoms with E-state index < -0.39 is 11.6 Å². The fourth-order valence-corrected chi connectivity index (χ4v) is 1.05. The number of hydrogen-bond donors (Lipinski definition) is 3. The molecule has 0 fully saturated rings. The lowest BCUT2D eigenvalue weighted by molar-refractivity contribution is -0.131. The molecule has 2 unspecified atom stereocenters. The molecule has 2 amide bonds. The standard InChI is InChI=1S/C12H25N3O2/c1-6-12(5,13)11(17)15-9(4)10(16)14-7-8(2)3/h8-9H,6-7,13H2,1-5H3,(H,14,16)(H,15,17). The third kappa shape index (κ3) is 5.68. The second-order valence-corrected chi connectivity index (χ2v) is 5.11. The first-order valence-electron chi connectivity index (χ1n) is 6.08. The Kier molecular flexibility index (Phi) is 6.16. The molecule has 4 N–H and O–H groups in total. The van der Waals surface area contributed by atoms with E-state index in [1.165, 1.54) is 0 Å². The van der Waals surface area contributed by atoms with Crippen molar-refractivity contribution in [3.8, 4) is 0 Å². The SMILES string of the molecule is CCC(C)(N)C(=O)NC(C)C(=O)NCC(C)C.